The minimum absolute atomic E-state index is 0. The van der Waals surface area contributed by atoms with Crippen LogP contribution in [0.3, 0.4) is 0 Å². The molecule has 0 bridgehead atoms. The molecule has 0 spiro atoms. The van der Waals surface area contributed by atoms with Crippen LogP contribution in [0.25, 0.3) is 0 Å². The van der Waals surface area contributed by atoms with Crippen LogP contribution in [-0.2, 0) is 4.79 Å². The van der Waals surface area contributed by atoms with Crippen molar-refractivity contribution in [2.45, 2.75) is 0 Å². The third-order valence-corrected chi connectivity index (χ3v) is 0.175. The van der Waals surface area contributed by atoms with Crippen molar-refractivity contribution >= 4 is 13.3 Å². The molecule has 0 aromatic heterocycles. The van der Waals surface area contributed by atoms with Crippen molar-refractivity contribution in [2.75, 3.05) is 6.54 Å². The van der Waals surface area contributed by atoms with E-state index in [1.54, 1.807) is 0 Å². The molecule has 0 aliphatic rings. The van der Waals surface area contributed by atoms with Crippen LogP contribution < -0.4 is 47.7 Å². The smallest absolute Gasteiger partial charge is 1.00 e. The topological polar surface area (TPSA) is 124 Å². The molecule has 0 aromatic rings. The van der Waals surface area contributed by atoms with Crippen LogP contribution >= 0.6 is 0 Å². The number of carboxylic acids is 1. The zero-order valence-electron chi connectivity index (χ0n) is 5.94. The summed E-state index contributed by atoms with van der Waals surface area (Å²) in [6.07, 6.45) is 0. The first-order valence-electron chi connectivity index (χ1n) is 1.96. The quantitative estimate of drug-likeness (QED) is 0.265. The van der Waals surface area contributed by atoms with Crippen LogP contribution in [0.2, 0.25) is 0 Å². The fraction of sp³-hybridized carbons (Fsp3) is 0.500. The second-order valence-corrected chi connectivity index (χ2v) is 0.944. The summed E-state index contributed by atoms with van der Waals surface area (Å²) < 4.78 is 0. The molecule has 0 saturated carbocycles. The van der Waals surface area contributed by atoms with Crippen LogP contribution in [0.15, 0.2) is 0 Å². The fourth-order valence-electron chi connectivity index (χ4n) is 0. The van der Waals surface area contributed by atoms with Gasteiger partial charge in [-0.2, -0.15) is 0 Å². The molecule has 9 heteroatoms. The Bertz CT molecular complexity index is 82.1. The Morgan fingerprint density at radius 3 is 1.45 bits per heavy atom. The van der Waals surface area contributed by atoms with Crippen molar-refractivity contribution in [3.05, 3.63) is 0 Å². The summed E-state index contributed by atoms with van der Waals surface area (Å²) in [6, 6.07) is 0. The van der Waals surface area contributed by atoms with Gasteiger partial charge in [-0.25, -0.2) is 0 Å². The minimum atomic E-state index is -2.17. The summed E-state index contributed by atoms with van der Waals surface area (Å²) in [5.41, 5.74) is 4.57. The molecule has 0 aliphatic heterocycles. The van der Waals surface area contributed by atoms with E-state index in [-0.39, 0.29) is 48.5 Å². The maximum atomic E-state index is 9.24. The first-order chi connectivity index (χ1) is 4.00. The Morgan fingerprint density at radius 1 is 1.36 bits per heavy atom. The van der Waals surface area contributed by atoms with Crippen molar-refractivity contribution < 1.29 is 66.9 Å². The zero-order valence-corrected chi connectivity index (χ0v) is 8.69. The van der Waals surface area contributed by atoms with Crippen LogP contribution in [0, 0.1) is 0 Å². The van der Waals surface area contributed by atoms with E-state index in [4.69, 9.17) is 20.2 Å². The van der Waals surface area contributed by atoms with Gasteiger partial charge in [-0.05, 0) is 0 Å². The predicted molar refractivity (Wildman–Crippen MR) is 29.1 cm³/mol. The van der Waals surface area contributed by atoms with Crippen molar-refractivity contribution in [3.8, 4) is 0 Å². The number of hydrogen-bond donors (Lipinski definition) is 5. The number of carboxylic acid groups (broad SMARTS) is 1. The molecule has 0 unspecified atom stereocenters. The van der Waals surface area contributed by atoms with Crippen molar-refractivity contribution in [3.63, 3.8) is 0 Å². The largest absolute Gasteiger partial charge is 1.00 e. The van der Waals surface area contributed by atoms with Gasteiger partial charge in [-0.1, -0.05) is 0 Å². The number of rotatable bonds is 1. The van der Waals surface area contributed by atoms with Gasteiger partial charge in [0.25, 0.3) is 0 Å². The summed E-state index contributed by atoms with van der Waals surface area (Å²) in [4.78, 5) is 9.24. The molecule has 0 aromatic carbocycles. The van der Waals surface area contributed by atoms with Gasteiger partial charge in [0.1, 0.15) is 0 Å². The van der Waals surface area contributed by atoms with E-state index in [1.807, 2.05) is 0 Å². The Kier molecular flexibility index (Phi) is 34.8. The van der Waals surface area contributed by atoms with E-state index < -0.39 is 13.3 Å². The number of aliphatic carboxylic acids is 1. The van der Waals surface area contributed by atoms with Gasteiger partial charge >= 0.3 is 42.8 Å². The maximum absolute atomic E-state index is 9.24. The Hall–Kier alpha value is 0.665. The van der Waals surface area contributed by atoms with Crippen molar-refractivity contribution in [1.82, 2.24) is 0 Å². The monoisotopic (exact) mass is 195 g/mol. The first kappa shape index (κ1) is 22.6. The van der Waals surface area contributed by atoms with Gasteiger partial charge in [0.05, 0.1) is 6.54 Å². The molecule has 0 heterocycles. The standard InChI is InChI=1S/C2H5NO2.BH3O3.ClH.Na/c3-1-2(4)5;2-1(3)4;;/h1,3H2,(H,4,5);2-4H;1H;/q;;;+1/p-1. The van der Waals surface area contributed by atoms with Crippen molar-refractivity contribution in [2.24, 2.45) is 5.73 Å². The predicted octanol–water partition coefficient (Wildman–Crippen LogP) is -9.01. The fourth-order valence-corrected chi connectivity index (χ4v) is 0. The number of halogens is 1. The molecule has 6 nitrogen and oxygen atoms in total. The molecule has 0 radical (unpaired) electrons. The summed E-state index contributed by atoms with van der Waals surface area (Å²) in [5, 5.41) is 29.1. The number of hydrogen-bond acceptors (Lipinski definition) is 5. The molecular weight excluding hydrogens is 187 g/mol. The van der Waals surface area contributed by atoms with Gasteiger partial charge in [0.2, 0.25) is 0 Å². The summed E-state index contributed by atoms with van der Waals surface area (Å²) in [7, 11) is -2.17. The molecule has 62 valence electrons. The average molecular weight is 195 g/mol. The zero-order chi connectivity index (χ0) is 7.86. The number of carbonyl (C=O) groups is 1. The van der Waals surface area contributed by atoms with E-state index >= 15 is 0 Å². The second-order valence-electron chi connectivity index (χ2n) is 0.944. The normalized spacial score (nSPS) is 5.82. The molecule has 0 atom stereocenters. The molecule has 0 saturated heterocycles. The molecule has 0 fully saturated rings. The molecular formula is C2H8BClNNaO5. The number of nitrogens with two attached hydrogens (primary N) is 1. The van der Waals surface area contributed by atoms with E-state index in [2.05, 4.69) is 5.73 Å². The Balaban J connectivity index is -0.0000000383. The Labute approximate surface area is 92.3 Å². The first-order valence-corrected chi connectivity index (χ1v) is 1.96. The van der Waals surface area contributed by atoms with Crippen LogP contribution in [0.1, 0.15) is 0 Å². The maximum Gasteiger partial charge on any atom is 1.00 e. The van der Waals surface area contributed by atoms with Gasteiger partial charge in [-0.15, -0.1) is 0 Å². The average Bonchev–Trinajstić information content (AvgIpc) is 1.65. The third kappa shape index (κ3) is 113. The van der Waals surface area contributed by atoms with Gasteiger partial charge in [-0.3, -0.25) is 4.79 Å². The minimum Gasteiger partial charge on any atom is -1.00 e. The van der Waals surface area contributed by atoms with Crippen molar-refractivity contribution in [1.29, 1.82) is 0 Å². The van der Waals surface area contributed by atoms with Gasteiger partial charge in [0, 0.05) is 0 Å². The molecule has 6 N–H and O–H groups in total. The summed E-state index contributed by atoms with van der Waals surface area (Å²) in [5.74, 6) is -0.968. The SMILES string of the molecule is NCC(=O)O.OB(O)O.[Cl-].[Na+]. The van der Waals surface area contributed by atoms with E-state index in [1.165, 1.54) is 0 Å². The second kappa shape index (κ2) is 17.0. The summed E-state index contributed by atoms with van der Waals surface area (Å²) in [6.45, 7) is -0.278. The molecule has 0 aliphatic carbocycles. The van der Waals surface area contributed by atoms with Crippen LogP contribution in [-0.4, -0.2) is 40.0 Å². The van der Waals surface area contributed by atoms with Crippen LogP contribution in [0.5, 0.6) is 0 Å². The van der Waals surface area contributed by atoms with E-state index in [0.29, 0.717) is 0 Å². The van der Waals surface area contributed by atoms with Crippen LogP contribution in [0.4, 0.5) is 0 Å². The van der Waals surface area contributed by atoms with Gasteiger partial charge < -0.3 is 38.3 Å². The third-order valence-electron chi connectivity index (χ3n) is 0.175. The van der Waals surface area contributed by atoms with E-state index in [0.717, 1.165) is 0 Å². The molecule has 11 heavy (non-hydrogen) atoms. The molecule has 0 rings (SSSR count). The van der Waals surface area contributed by atoms with Gasteiger partial charge in [0.15, 0.2) is 0 Å². The Morgan fingerprint density at radius 2 is 1.45 bits per heavy atom. The van der Waals surface area contributed by atoms with E-state index in [9.17, 15) is 4.79 Å². The summed E-state index contributed by atoms with van der Waals surface area (Å²) >= 11 is 0. The molecule has 0 amide bonds.